The highest BCUT2D eigenvalue weighted by molar-refractivity contribution is 7.89. The van der Waals surface area contributed by atoms with Crippen molar-refractivity contribution in [2.75, 3.05) is 6.54 Å². The zero-order chi connectivity index (χ0) is 13.1. The fourth-order valence-corrected chi connectivity index (χ4v) is 2.37. The van der Waals surface area contributed by atoms with Crippen LogP contribution in [0.15, 0.2) is 29.2 Å². The van der Waals surface area contributed by atoms with Crippen LogP contribution in [0.1, 0.15) is 13.0 Å². The van der Waals surface area contributed by atoms with Crippen molar-refractivity contribution >= 4 is 16.0 Å². The molecule has 0 aliphatic carbocycles. The van der Waals surface area contributed by atoms with Gasteiger partial charge in [-0.05, 0) is 19.1 Å². The van der Waals surface area contributed by atoms with E-state index >= 15 is 0 Å². The molecule has 0 saturated carbocycles. The van der Waals surface area contributed by atoms with Crippen molar-refractivity contribution in [2.24, 2.45) is 5.73 Å². The summed E-state index contributed by atoms with van der Waals surface area (Å²) in [5.74, 6) is -1.30. The third-order valence-corrected chi connectivity index (χ3v) is 3.65. The van der Waals surface area contributed by atoms with Crippen LogP contribution in [0, 0.1) is 6.92 Å². The molecule has 7 heteroatoms. The van der Waals surface area contributed by atoms with Gasteiger partial charge in [-0.15, -0.1) is 0 Å². The summed E-state index contributed by atoms with van der Waals surface area (Å²) in [4.78, 5) is 10.7. The molecule has 0 radical (unpaired) electrons. The normalized spacial score (nSPS) is 12.6. The van der Waals surface area contributed by atoms with Gasteiger partial charge in [-0.3, -0.25) is 4.79 Å². The molecule has 1 atom stereocenters. The zero-order valence-electron chi connectivity index (χ0n) is 9.25. The van der Waals surface area contributed by atoms with Gasteiger partial charge in [0, 0.05) is 6.54 Å². The van der Waals surface area contributed by atoms with Gasteiger partial charge in [0.05, 0.1) is 4.90 Å². The summed E-state index contributed by atoms with van der Waals surface area (Å²) in [6.07, 6.45) is 0. The lowest BCUT2D eigenvalue weighted by Gasteiger charge is -2.12. The van der Waals surface area contributed by atoms with Gasteiger partial charge in [0.25, 0.3) is 0 Å². The number of aryl methyl sites for hydroxylation is 1. The summed E-state index contributed by atoms with van der Waals surface area (Å²) < 4.78 is 25.6. The number of carboxylic acid groups (broad SMARTS) is 1. The molecule has 0 aliphatic rings. The number of sulfonamides is 1. The van der Waals surface area contributed by atoms with E-state index in [1.54, 1.807) is 12.1 Å². The quantitative estimate of drug-likeness (QED) is 0.716. The van der Waals surface area contributed by atoms with Crippen molar-refractivity contribution in [1.29, 1.82) is 0 Å². The molecule has 1 rings (SSSR count). The maximum absolute atomic E-state index is 11.8. The maximum atomic E-state index is 11.8. The van der Waals surface area contributed by atoms with Crippen LogP contribution < -0.4 is 10.5 Å². The molecular weight excluding hydrogens is 256 g/mol. The molecular formula is C11H18N2O4S. The van der Waals surface area contributed by atoms with E-state index in [9.17, 15) is 13.2 Å². The number of rotatable bonds is 5. The van der Waals surface area contributed by atoms with Gasteiger partial charge < -0.3 is 10.8 Å². The maximum Gasteiger partial charge on any atom is 0.323 e. The molecule has 6 nitrogen and oxygen atoms in total. The molecule has 0 heterocycles. The van der Waals surface area contributed by atoms with Gasteiger partial charge >= 0.3 is 5.97 Å². The summed E-state index contributed by atoms with van der Waals surface area (Å²) in [6.45, 7) is 1.52. The second kappa shape index (κ2) is 6.48. The van der Waals surface area contributed by atoms with E-state index in [0.29, 0.717) is 0 Å². The Morgan fingerprint density at radius 2 is 1.89 bits per heavy atom. The first-order valence-electron chi connectivity index (χ1n) is 4.88. The fraction of sp³-hybridized carbons (Fsp3) is 0.364. The molecule has 0 saturated heterocycles. The number of nitrogens with two attached hydrogens (primary N) is 1. The van der Waals surface area contributed by atoms with Crippen LogP contribution in [0.5, 0.6) is 0 Å². The molecule has 1 aromatic rings. The monoisotopic (exact) mass is 274 g/mol. The zero-order valence-corrected chi connectivity index (χ0v) is 10.1. The van der Waals surface area contributed by atoms with Crippen molar-refractivity contribution in [3.63, 3.8) is 0 Å². The van der Waals surface area contributed by atoms with Crippen LogP contribution in [0.3, 0.4) is 0 Å². The minimum atomic E-state index is -3.84. The Bertz CT molecular complexity index is 496. The second-order valence-corrected chi connectivity index (χ2v) is 5.27. The van der Waals surface area contributed by atoms with E-state index in [4.69, 9.17) is 10.8 Å². The Morgan fingerprint density at radius 1 is 1.39 bits per heavy atom. The van der Waals surface area contributed by atoms with Gasteiger partial charge in [-0.2, -0.15) is 4.72 Å². The summed E-state index contributed by atoms with van der Waals surface area (Å²) in [5.41, 5.74) is 6.09. The van der Waals surface area contributed by atoms with Crippen LogP contribution in [0.2, 0.25) is 0 Å². The molecule has 0 aromatic heterocycles. The van der Waals surface area contributed by atoms with Gasteiger partial charge in [0.2, 0.25) is 10.0 Å². The average molecular weight is 274 g/mol. The average Bonchev–Trinajstić information content (AvgIpc) is 2.26. The SMILES string of the molecule is C.Cc1ccc(S(=O)(=O)NC(CN)C(=O)O)cc1. The number of carboxylic acids is 1. The lowest BCUT2D eigenvalue weighted by Crippen LogP contribution is -2.45. The molecule has 0 fully saturated rings. The summed E-state index contributed by atoms with van der Waals surface area (Å²) in [6, 6.07) is 4.76. The number of hydrogen-bond donors (Lipinski definition) is 3. The topological polar surface area (TPSA) is 109 Å². The third-order valence-electron chi connectivity index (χ3n) is 2.16. The second-order valence-electron chi connectivity index (χ2n) is 3.56. The summed E-state index contributed by atoms with van der Waals surface area (Å²) >= 11 is 0. The Balaban J connectivity index is 0.00000289. The van der Waals surface area contributed by atoms with E-state index in [0.717, 1.165) is 5.56 Å². The molecule has 0 bridgehead atoms. The van der Waals surface area contributed by atoms with Crippen molar-refractivity contribution < 1.29 is 18.3 Å². The van der Waals surface area contributed by atoms with E-state index in [1.165, 1.54) is 12.1 Å². The van der Waals surface area contributed by atoms with Crippen LogP contribution in [0.25, 0.3) is 0 Å². The van der Waals surface area contributed by atoms with Crippen LogP contribution >= 0.6 is 0 Å². The first kappa shape index (κ1) is 16.6. The van der Waals surface area contributed by atoms with E-state index in [1.807, 2.05) is 11.6 Å². The Hall–Kier alpha value is -1.44. The first-order valence-corrected chi connectivity index (χ1v) is 6.37. The van der Waals surface area contributed by atoms with Crippen molar-refractivity contribution in [3.8, 4) is 0 Å². The van der Waals surface area contributed by atoms with Crippen LogP contribution in [0.4, 0.5) is 0 Å². The lowest BCUT2D eigenvalue weighted by molar-refractivity contribution is -0.138. The molecule has 4 N–H and O–H groups in total. The van der Waals surface area contributed by atoms with E-state index < -0.39 is 22.0 Å². The Kier molecular flexibility index (Phi) is 5.96. The van der Waals surface area contributed by atoms with Gasteiger partial charge in [-0.1, -0.05) is 25.1 Å². The van der Waals surface area contributed by atoms with Gasteiger partial charge in [0.1, 0.15) is 6.04 Å². The highest BCUT2D eigenvalue weighted by atomic mass is 32.2. The predicted octanol–water partition coefficient (Wildman–Crippen LogP) is 0.321. The minimum Gasteiger partial charge on any atom is -0.480 e. The van der Waals surface area contributed by atoms with Crippen molar-refractivity contribution in [3.05, 3.63) is 29.8 Å². The molecule has 0 aliphatic heterocycles. The number of benzene rings is 1. The Labute approximate surface area is 107 Å². The molecule has 0 amide bonds. The predicted molar refractivity (Wildman–Crippen MR) is 68.7 cm³/mol. The van der Waals surface area contributed by atoms with Crippen molar-refractivity contribution in [1.82, 2.24) is 4.72 Å². The molecule has 1 unspecified atom stereocenters. The van der Waals surface area contributed by atoms with Crippen LogP contribution in [-0.2, 0) is 14.8 Å². The minimum absolute atomic E-state index is 0. The highest BCUT2D eigenvalue weighted by Crippen LogP contribution is 2.10. The highest BCUT2D eigenvalue weighted by Gasteiger charge is 2.23. The Morgan fingerprint density at radius 3 is 2.28 bits per heavy atom. The smallest absolute Gasteiger partial charge is 0.323 e. The van der Waals surface area contributed by atoms with E-state index in [-0.39, 0.29) is 18.9 Å². The molecule has 18 heavy (non-hydrogen) atoms. The van der Waals surface area contributed by atoms with Gasteiger partial charge in [-0.25, -0.2) is 8.42 Å². The number of hydrogen-bond acceptors (Lipinski definition) is 4. The third kappa shape index (κ3) is 4.10. The van der Waals surface area contributed by atoms with E-state index in [2.05, 4.69) is 0 Å². The molecule has 1 aromatic carbocycles. The summed E-state index contributed by atoms with van der Waals surface area (Å²) in [5, 5.41) is 8.72. The molecule has 102 valence electrons. The van der Waals surface area contributed by atoms with Crippen molar-refractivity contribution in [2.45, 2.75) is 25.3 Å². The fourth-order valence-electron chi connectivity index (χ4n) is 1.17. The largest absolute Gasteiger partial charge is 0.480 e. The first-order chi connectivity index (χ1) is 7.86. The van der Waals surface area contributed by atoms with Crippen LogP contribution in [-0.4, -0.2) is 32.1 Å². The number of aliphatic carboxylic acids is 1. The van der Waals surface area contributed by atoms with Gasteiger partial charge in [0.15, 0.2) is 0 Å². The number of nitrogens with one attached hydrogen (secondary N) is 1. The lowest BCUT2D eigenvalue weighted by atomic mass is 10.2. The standard InChI is InChI=1S/C10H14N2O4S.CH4/c1-7-2-4-8(5-3-7)17(15,16)12-9(6-11)10(13)14;/h2-5,9,12H,6,11H2,1H3,(H,13,14);1H4. The number of carbonyl (C=O) groups is 1. The summed E-state index contributed by atoms with van der Waals surface area (Å²) in [7, 11) is -3.84. The molecule has 0 spiro atoms.